The molecule has 0 amide bonds. The summed E-state index contributed by atoms with van der Waals surface area (Å²) in [6.45, 7) is 4.44. The zero-order valence-corrected chi connectivity index (χ0v) is 22.5. The van der Waals surface area contributed by atoms with Crippen LogP contribution in [0.2, 0.25) is 0 Å². The van der Waals surface area contributed by atoms with E-state index < -0.39 is 0 Å². The molecule has 31 heavy (non-hydrogen) atoms. The van der Waals surface area contributed by atoms with Gasteiger partial charge in [-0.25, -0.2) is 0 Å². The number of ether oxygens (including phenoxy) is 1. The van der Waals surface area contributed by atoms with Gasteiger partial charge in [-0.2, -0.15) is 0 Å². The van der Waals surface area contributed by atoms with Crippen molar-refractivity contribution in [3.05, 3.63) is 0 Å². The van der Waals surface area contributed by atoms with Crippen LogP contribution in [0.4, 0.5) is 0 Å². The first-order valence-electron chi connectivity index (χ1n) is 12.9. The molecule has 0 aliphatic heterocycles. The quantitative estimate of drug-likeness (QED) is 0.0802. The van der Waals surface area contributed by atoms with Crippen molar-refractivity contribution in [3.63, 3.8) is 0 Å². The molecule has 190 valence electrons. The molecule has 0 rings (SSSR count). The number of esters is 2. The minimum absolute atomic E-state index is 0. The molecular formula is C26H50Co2O3. The van der Waals surface area contributed by atoms with Crippen molar-refractivity contribution in [2.45, 2.75) is 155 Å². The van der Waals surface area contributed by atoms with E-state index in [1.165, 1.54) is 96.3 Å². The molecular weight excluding hydrogens is 478 g/mol. The summed E-state index contributed by atoms with van der Waals surface area (Å²) in [6, 6.07) is 0. The van der Waals surface area contributed by atoms with E-state index in [1.807, 2.05) is 0 Å². The fourth-order valence-electron chi connectivity index (χ4n) is 3.74. The number of unbranched alkanes of at least 4 members (excludes halogenated alkanes) is 18. The Morgan fingerprint density at radius 2 is 0.645 bits per heavy atom. The molecule has 0 fully saturated rings. The number of rotatable bonds is 22. The van der Waals surface area contributed by atoms with Crippen molar-refractivity contribution >= 4 is 11.9 Å². The van der Waals surface area contributed by atoms with Crippen LogP contribution in [-0.2, 0) is 47.9 Å². The van der Waals surface area contributed by atoms with E-state index in [-0.39, 0.29) is 45.5 Å². The van der Waals surface area contributed by atoms with Crippen molar-refractivity contribution < 1.29 is 47.9 Å². The van der Waals surface area contributed by atoms with Gasteiger partial charge in [0, 0.05) is 46.4 Å². The molecule has 0 N–H and O–H groups in total. The first-order chi connectivity index (χ1) is 14.2. The summed E-state index contributed by atoms with van der Waals surface area (Å²) < 4.78 is 4.90. The summed E-state index contributed by atoms with van der Waals surface area (Å²) in [6.07, 6.45) is 25.9. The second-order valence-corrected chi connectivity index (χ2v) is 8.71. The van der Waals surface area contributed by atoms with Gasteiger partial charge in [-0.1, -0.05) is 129 Å². The molecule has 0 aliphatic rings. The molecule has 0 spiro atoms. The molecule has 0 saturated heterocycles. The van der Waals surface area contributed by atoms with Crippen LogP contribution >= 0.6 is 0 Å². The number of hydrogen-bond acceptors (Lipinski definition) is 3. The minimum Gasteiger partial charge on any atom is -0.393 e. The Morgan fingerprint density at radius 1 is 0.419 bits per heavy atom. The third-order valence-corrected chi connectivity index (χ3v) is 5.70. The molecule has 0 heterocycles. The van der Waals surface area contributed by atoms with Gasteiger partial charge in [0.1, 0.15) is 0 Å². The van der Waals surface area contributed by atoms with Gasteiger partial charge in [0.25, 0.3) is 0 Å². The van der Waals surface area contributed by atoms with Crippen LogP contribution in [0.15, 0.2) is 0 Å². The van der Waals surface area contributed by atoms with E-state index in [9.17, 15) is 9.59 Å². The zero-order valence-electron chi connectivity index (χ0n) is 20.4. The second kappa shape index (κ2) is 30.2. The summed E-state index contributed by atoms with van der Waals surface area (Å²) in [5.74, 6) is -0.675. The van der Waals surface area contributed by atoms with E-state index in [0.717, 1.165) is 32.1 Å². The summed E-state index contributed by atoms with van der Waals surface area (Å²) in [5.41, 5.74) is 0. The Balaban J connectivity index is -0.00000392. The predicted molar refractivity (Wildman–Crippen MR) is 124 cm³/mol. The molecule has 0 bridgehead atoms. The topological polar surface area (TPSA) is 43.4 Å². The van der Waals surface area contributed by atoms with E-state index in [0.29, 0.717) is 12.8 Å². The van der Waals surface area contributed by atoms with Gasteiger partial charge in [-0.3, -0.25) is 9.59 Å². The van der Waals surface area contributed by atoms with Gasteiger partial charge in [0.2, 0.25) is 0 Å². The monoisotopic (exact) mass is 528 g/mol. The van der Waals surface area contributed by atoms with Crippen molar-refractivity contribution in [1.29, 1.82) is 0 Å². The number of hydrogen-bond donors (Lipinski definition) is 0. The Kier molecular flexibility index (Phi) is 34.8. The van der Waals surface area contributed by atoms with Gasteiger partial charge < -0.3 is 4.74 Å². The average molecular weight is 529 g/mol. The molecule has 0 atom stereocenters. The van der Waals surface area contributed by atoms with E-state index in [4.69, 9.17) is 4.74 Å². The molecule has 0 aliphatic carbocycles. The maximum Gasteiger partial charge on any atom is 0.313 e. The molecule has 0 saturated carbocycles. The largest absolute Gasteiger partial charge is 0.393 e. The van der Waals surface area contributed by atoms with Crippen LogP contribution in [0, 0.1) is 0 Å². The zero-order chi connectivity index (χ0) is 21.4. The SMILES string of the molecule is CCCCCCCCCCCCCCCCCC(=O)OC(=O)CCCCCCC.[Co].[Co]. The molecule has 0 aromatic rings. The van der Waals surface area contributed by atoms with E-state index in [1.54, 1.807) is 0 Å². The maximum absolute atomic E-state index is 11.7. The van der Waals surface area contributed by atoms with Crippen LogP contribution in [0.1, 0.15) is 155 Å². The van der Waals surface area contributed by atoms with Crippen LogP contribution in [0.25, 0.3) is 0 Å². The molecule has 0 aromatic carbocycles. The number of carbonyl (C=O) groups excluding carboxylic acids is 2. The van der Waals surface area contributed by atoms with Crippen LogP contribution < -0.4 is 0 Å². The van der Waals surface area contributed by atoms with Gasteiger partial charge in [0.15, 0.2) is 0 Å². The Labute approximate surface area is 214 Å². The molecule has 0 aromatic heterocycles. The van der Waals surface area contributed by atoms with E-state index in [2.05, 4.69) is 13.8 Å². The summed E-state index contributed by atoms with van der Waals surface area (Å²) >= 11 is 0. The van der Waals surface area contributed by atoms with Crippen LogP contribution in [0.3, 0.4) is 0 Å². The predicted octanol–water partition coefficient (Wildman–Crippen LogP) is 8.67. The number of carbonyl (C=O) groups is 2. The first-order valence-corrected chi connectivity index (χ1v) is 12.9. The normalized spacial score (nSPS) is 10.3. The average Bonchev–Trinajstić information content (AvgIpc) is 2.70. The summed E-state index contributed by atoms with van der Waals surface area (Å²) in [4.78, 5) is 23.3. The maximum atomic E-state index is 11.7. The smallest absolute Gasteiger partial charge is 0.313 e. The summed E-state index contributed by atoms with van der Waals surface area (Å²) in [5, 5.41) is 0. The third-order valence-electron chi connectivity index (χ3n) is 5.70. The van der Waals surface area contributed by atoms with E-state index >= 15 is 0 Å². The van der Waals surface area contributed by atoms with Gasteiger partial charge in [-0.05, 0) is 12.8 Å². The minimum atomic E-state index is -0.340. The van der Waals surface area contributed by atoms with Crippen molar-refractivity contribution in [2.75, 3.05) is 0 Å². The molecule has 5 heteroatoms. The van der Waals surface area contributed by atoms with Gasteiger partial charge in [-0.15, -0.1) is 0 Å². The Hall–Kier alpha value is 0.153. The fraction of sp³-hybridized carbons (Fsp3) is 0.923. The van der Waals surface area contributed by atoms with Crippen LogP contribution in [-0.4, -0.2) is 11.9 Å². The Morgan fingerprint density at radius 3 is 0.903 bits per heavy atom. The first kappa shape index (κ1) is 35.7. The van der Waals surface area contributed by atoms with Crippen molar-refractivity contribution in [3.8, 4) is 0 Å². The van der Waals surface area contributed by atoms with Crippen LogP contribution in [0.5, 0.6) is 0 Å². The second-order valence-electron chi connectivity index (χ2n) is 8.71. The third kappa shape index (κ3) is 30.2. The standard InChI is InChI=1S/C26H50O3.2Co/c1-3-5-7-9-10-11-12-13-14-15-16-17-18-20-22-24-26(28)29-25(27)23-21-19-8-6-4-2;;/h3-24H2,1-2H3;;. The van der Waals surface area contributed by atoms with Crippen molar-refractivity contribution in [2.24, 2.45) is 0 Å². The van der Waals surface area contributed by atoms with Crippen molar-refractivity contribution in [1.82, 2.24) is 0 Å². The summed E-state index contributed by atoms with van der Waals surface area (Å²) in [7, 11) is 0. The fourth-order valence-corrected chi connectivity index (χ4v) is 3.74. The Bertz CT molecular complexity index is 376. The molecule has 3 nitrogen and oxygen atoms in total. The van der Waals surface area contributed by atoms with Gasteiger partial charge in [0.05, 0.1) is 0 Å². The van der Waals surface area contributed by atoms with Gasteiger partial charge >= 0.3 is 11.9 Å². The molecule has 0 unspecified atom stereocenters. The molecule has 2 radical (unpaired) electrons.